The number of nitrogens with one attached hydrogen (secondary N) is 2. The third kappa shape index (κ3) is 7.89. The van der Waals surface area contributed by atoms with E-state index in [0.29, 0.717) is 22.6 Å². The van der Waals surface area contributed by atoms with E-state index in [2.05, 4.69) is 19.5 Å². The largest absolute Gasteiger partial charge is 0.397 e. The van der Waals surface area contributed by atoms with Crippen molar-refractivity contribution in [2.45, 2.75) is 6.92 Å². The summed E-state index contributed by atoms with van der Waals surface area (Å²) in [7, 11) is 0. The van der Waals surface area contributed by atoms with E-state index in [-0.39, 0.29) is 16.2 Å². The smallest absolute Gasteiger partial charge is 0.255 e. The molecule has 190 valence electrons. The van der Waals surface area contributed by atoms with Crippen molar-refractivity contribution >= 4 is 47.4 Å². The zero-order valence-electron chi connectivity index (χ0n) is 19.7. The van der Waals surface area contributed by atoms with Crippen molar-refractivity contribution in [3.05, 3.63) is 103 Å². The van der Waals surface area contributed by atoms with E-state index in [1.54, 1.807) is 30.6 Å². The Bertz CT molecular complexity index is 1400. The molecule has 0 radical (unpaired) electrons. The monoisotopic (exact) mass is 564 g/mol. The molecule has 10 nitrogen and oxygen atoms in total. The molecule has 1 aromatic heterocycles. The second kappa shape index (κ2) is 12.7. The molecule has 0 aliphatic carbocycles. The molecule has 11 heteroatoms. The molecule has 6 N–H and O–H groups in total. The quantitative estimate of drug-likeness (QED) is 0.103. The number of pyridine rings is 1. The number of amides is 2. The maximum absolute atomic E-state index is 12.2. The first kappa shape index (κ1) is 27.4. The molecule has 0 fully saturated rings. The summed E-state index contributed by atoms with van der Waals surface area (Å²) in [6.07, 6.45) is 3.49. The first-order valence-electron chi connectivity index (χ1n) is 10.9. The number of aromatic nitrogens is 1. The van der Waals surface area contributed by atoms with Crippen molar-refractivity contribution in [1.82, 2.24) is 4.98 Å². The van der Waals surface area contributed by atoms with Gasteiger partial charge in [-0.2, -0.15) is 0 Å². The summed E-state index contributed by atoms with van der Waals surface area (Å²) in [6, 6.07) is 23.9. The van der Waals surface area contributed by atoms with Gasteiger partial charge >= 0.3 is 88.4 Å². The molecular weight excluding hydrogens is 539 g/mol. The van der Waals surface area contributed by atoms with Crippen LogP contribution in [0.1, 0.15) is 17.3 Å². The van der Waals surface area contributed by atoms with Crippen LogP contribution in [0.3, 0.4) is 0 Å². The van der Waals surface area contributed by atoms with E-state index < -0.39 is 14.2 Å². The van der Waals surface area contributed by atoms with E-state index in [1.165, 1.54) is 31.2 Å². The zero-order valence-corrected chi connectivity index (χ0v) is 21.6. The van der Waals surface area contributed by atoms with Crippen LogP contribution in [0.5, 0.6) is 0 Å². The Morgan fingerprint density at radius 2 is 1.62 bits per heavy atom. The first-order chi connectivity index (χ1) is 17.7. The van der Waals surface area contributed by atoms with Gasteiger partial charge in [-0.1, -0.05) is 30.3 Å². The van der Waals surface area contributed by atoms with Gasteiger partial charge in [0.25, 0.3) is 5.91 Å². The Balaban J connectivity index is 0.000000222. The van der Waals surface area contributed by atoms with Crippen LogP contribution in [0, 0.1) is 0 Å². The fraction of sp³-hybridized carbons (Fsp3) is 0.0385. The molecule has 3 aromatic carbocycles. The van der Waals surface area contributed by atoms with Gasteiger partial charge in [0.1, 0.15) is 0 Å². The minimum atomic E-state index is -4.76. The second-order valence-corrected chi connectivity index (χ2v) is 11.3. The second-order valence-electron chi connectivity index (χ2n) is 7.69. The molecule has 1 heterocycles. The van der Waals surface area contributed by atoms with E-state index >= 15 is 0 Å². The SMILES string of the molecule is CC(=O)Nc1ccc([As](=O)(O)OO)cc1.Nc1ccc(-c2cccnc2)cc1NC(=O)c1ccccc1. The van der Waals surface area contributed by atoms with Gasteiger partial charge in [0.05, 0.1) is 11.4 Å². The number of hydrogen-bond acceptors (Lipinski definition) is 7. The Hall–Kier alpha value is -4.21. The molecule has 0 bridgehead atoms. The van der Waals surface area contributed by atoms with Gasteiger partial charge in [0.2, 0.25) is 0 Å². The molecule has 4 rings (SSSR count). The molecule has 37 heavy (non-hydrogen) atoms. The number of carbonyl (C=O) groups is 2. The zero-order chi connectivity index (χ0) is 26.8. The minimum absolute atomic E-state index is 0.00438. The average molecular weight is 564 g/mol. The van der Waals surface area contributed by atoms with Gasteiger partial charge in [0.15, 0.2) is 0 Å². The van der Waals surface area contributed by atoms with E-state index in [9.17, 15) is 13.3 Å². The standard InChI is InChI=1S/C18H15N3O.C8H10AsNO5/c19-16-9-8-14(15-7-4-10-20-12-15)11-17(16)21-18(22)13-5-2-1-3-6-13;1-6(11)10-8-4-2-7(3-5-8)9(12,13)15-14/h1-12H,19H2,(H,21,22);2-5,14H,1H3,(H,10,11)(H,12,13). The van der Waals surface area contributed by atoms with Crippen molar-refractivity contribution in [2.75, 3.05) is 16.4 Å². The van der Waals surface area contributed by atoms with Gasteiger partial charge in [-0.25, -0.2) is 0 Å². The molecule has 0 spiro atoms. The number of anilines is 3. The minimum Gasteiger partial charge on any atom is -0.397 e. The van der Waals surface area contributed by atoms with Gasteiger partial charge in [-0.3, -0.25) is 9.78 Å². The fourth-order valence-corrected chi connectivity index (χ4v) is 4.45. The Morgan fingerprint density at radius 1 is 0.919 bits per heavy atom. The summed E-state index contributed by atoms with van der Waals surface area (Å²) >= 11 is -4.76. The van der Waals surface area contributed by atoms with Gasteiger partial charge in [-0.05, 0) is 35.9 Å². The van der Waals surface area contributed by atoms with Gasteiger partial charge in [0, 0.05) is 23.5 Å². The molecule has 0 aliphatic heterocycles. The van der Waals surface area contributed by atoms with Crippen LogP contribution in [0.4, 0.5) is 17.1 Å². The summed E-state index contributed by atoms with van der Waals surface area (Å²) in [5.41, 5.74) is 10.1. The summed E-state index contributed by atoms with van der Waals surface area (Å²) in [5, 5.41) is 13.6. The Kier molecular flexibility index (Phi) is 9.37. The van der Waals surface area contributed by atoms with E-state index in [4.69, 9.17) is 15.1 Å². The topological polar surface area (TPSA) is 164 Å². The van der Waals surface area contributed by atoms with Crippen LogP contribution in [-0.4, -0.2) is 40.3 Å². The molecule has 2 amide bonds. The van der Waals surface area contributed by atoms with Crippen LogP contribution >= 0.6 is 0 Å². The summed E-state index contributed by atoms with van der Waals surface area (Å²) < 4.78 is 23.8. The molecular formula is C26H25AsN4O6. The number of carbonyl (C=O) groups excluding carboxylic acids is 2. The maximum Gasteiger partial charge on any atom is 0.255 e. The van der Waals surface area contributed by atoms with Gasteiger partial charge < -0.3 is 11.1 Å². The van der Waals surface area contributed by atoms with Gasteiger partial charge in [-0.15, -0.1) is 0 Å². The molecule has 4 aromatic rings. The number of nitrogen functional groups attached to an aromatic ring is 1. The Morgan fingerprint density at radius 3 is 2.22 bits per heavy atom. The van der Waals surface area contributed by atoms with Crippen molar-refractivity contribution in [3.8, 4) is 11.1 Å². The van der Waals surface area contributed by atoms with Crippen molar-refractivity contribution < 1.29 is 26.6 Å². The predicted molar refractivity (Wildman–Crippen MR) is 141 cm³/mol. The maximum atomic E-state index is 12.2. The molecule has 1 atom stereocenters. The van der Waals surface area contributed by atoms with E-state index in [0.717, 1.165) is 11.1 Å². The number of nitrogens with two attached hydrogens (primary N) is 1. The third-order valence-corrected chi connectivity index (χ3v) is 7.42. The van der Waals surface area contributed by atoms with Crippen molar-refractivity contribution in [3.63, 3.8) is 0 Å². The van der Waals surface area contributed by atoms with Crippen molar-refractivity contribution in [1.29, 1.82) is 0 Å². The van der Waals surface area contributed by atoms with Crippen LogP contribution in [-0.2, 0) is 12.4 Å². The average Bonchev–Trinajstić information content (AvgIpc) is 2.91. The van der Waals surface area contributed by atoms with Crippen LogP contribution in [0.25, 0.3) is 11.1 Å². The number of benzene rings is 3. The summed E-state index contributed by atoms with van der Waals surface area (Å²) in [4.78, 5) is 27.0. The normalized spacial score (nSPS) is 11.9. The molecule has 0 aliphatic rings. The molecule has 0 saturated heterocycles. The predicted octanol–water partition coefficient (Wildman–Crippen LogP) is 3.29. The third-order valence-electron chi connectivity index (χ3n) is 4.96. The Labute approximate surface area is 216 Å². The van der Waals surface area contributed by atoms with Crippen LogP contribution in [0.15, 0.2) is 97.3 Å². The summed E-state index contributed by atoms with van der Waals surface area (Å²) in [6.45, 7) is 1.35. The molecule has 1 unspecified atom stereocenters. The van der Waals surface area contributed by atoms with Crippen LogP contribution < -0.4 is 20.7 Å². The number of nitrogens with zero attached hydrogens (tertiary/aromatic N) is 1. The number of hydrogen-bond donors (Lipinski definition) is 5. The van der Waals surface area contributed by atoms with Crippen LogP contribution in [0.2, 0.25) is 0 Å². The first-order valence-corrected chi connectivity index (χ1v) is 14.2. The van der Waals surface area contributed by atoms with E-state index in [1.807, 2.05) is 42.5 Å². The number of rotatable bonds is 6. The summed E-state index contributed by atoms with van der Waals surface area (Å²) in [5.74, 6) is -0.422. The fourth-order valence-electron chi connectivity index (χ4n) is 3.15. The molecule has 0 saturated carbocycles. The van der Waals surface area contributed by atoms with Crippen molar-refractivity contribution in [2.24, 2.45) is 0 Å².